The number of piperazine rings is 1. The van der Waals surface area contributed by atoms with Crippen molar-refractivity contribution >= 4 is 11.9 Å². The molecule has 2 aromatic rings. The number of carbonyl (C=O) groups is 1. The van der Waals surface area contributed by atoms with E-state index in [4.69, 9.17) is 4.74 Å². The molecule has 25 heavy (non-hydrogen) atoms. The van der Waals surface area contributed by atoms with Crippen LogP contribution in [0.15, 0.2) is 42.7 Å². The third-order valence-electron chi connectivity index (χ3n) is 4.22. The first-order chi connectivity index (χ1) is 12.2. The molecule has 1 amide bonds. The molecule has 0 spiro atoms. The average Bonchev–Trinajstić information content (AvgIpc) is 2.68. The van der Waals surface area contributed by atoms with Crippen LogP contribution in [0.2, 0.25) is 0 Å². The van der Waals surface area contributed by atoms with Crippen LogP contribution in [0.4, 0.5) is 5.95 Å². The van der Waals surface area contributed by atoms with Crippen molar-refractivity contribution in [3.63, 3.8) is 0 Å². The van der Waals surface area contributed by atoms with Gasteiger partial charge in [0.25, 0.3) is 0 Å². The number of ether oxygens (including phenoxy) is 1. The topological polar surface area (TPSA) is 70.6 Å². The van der Waals surface area contributed by atoms with Crippen molar-refractivity contribution < 1.29 is 9.53 Å². The molecule has 1 aliphatic rings. The minimum atomic E-state index is 0.0419. The first-order valence-electron chi connectivity index (χ1n) is 8.38. The number of rotatable bonds is 6. The lowest BCUT2D eigenvalue weighted by molar-refractivity contribution is -0.122. The van der Waals surface area contributed by atoms with E-state index in [1.807, 2.05) is 30.3 Å². The minimum Gasteiger partial charge on any atom is -0.497 e. The van der Waals surface area contributed by atoms with Gasteiger partial charge in [-0.3, -0.25) is 9.69 Å². The summed E-state index contributed by atoms with van der Waals surface area (Å²) in [5, 5.41) is 2.97. The smallest absolute Gasteiger partial charge is 0.234 e. The Morgan fingerprint density at radius 2 is 1.80 bits per heavy atom. The highest BCUT2D eigenvalue weighted by Gasteiger charge is 2.20. The number of hydrogen-bond donors (Lipinski definition) is 1. The van der Waals surface area contributed by atoms with Gasteiger partial charge in [-0.05, 0) is 23.8 Å². The number of benzene rings is 1. The first-order valence-corrected chi connectivity index (χ1v) is 8.38. The van der Waals surface area contributed by atoms with E-state index in [-0.39, 0.29) is 5.91 Å². The fourth-order valence-corrected chi connectivity index (χ4v) is 2.76. The lowest BCUT2D eigenvalue weighted by atomic mass is 10.2. The summed E-state index contributed by atoms with van der Waals surface area (Å²) in [4.78, 5) is 25.0. The number of carbonyl (C=O) groups excluding carboxylic acids is 1. The summed E-state index contributed by atoms with van der Waals surface area (Å²) in [7, 11) is 1.64. The molecule has 1 aliphatic heterocycles. The molecule has 0 aliphatic carbocycles. The van der Waals surface area contributed by atoms with E-state index in [0.717, 1.165) is 43.4 Å². The van der Waals surface area contributed by atoms with Gasteiger partial charge in [0.1, 0.15) is 5.75 Å². The van der Waals surface area contributed by atoms with Crippen LogP contribution < -0.4 is 15.0 Å². The molecular weight excluding hydrogens is 318 g/mol. The van der Waals surface area contributed by atoms with Gasteiger partial charge in [-0.25, -0.2) is 9.97 Å². The van der Waals surface area contributed by atoms with Crippen LogP contribution in [0.1, 0.15) is 5.56 Å². The van der Waals surface area contributed by atoms with E-state index < -0.39 is 0 Å². The number of methoxy groups -OCH3 is 1. The molecule has 1 N–H and O–H groups in total. The molecule has 1 aromatic carbocycles. The van der Waals surface area contributed by atoms with E-state index in [1.54, 1.807) is 19.5 Å². The molecule has 1 fully saturated rings. The summed E-state index contributed by atoms with van der Waals surface area (Å²) in [6, 6.07) is 9.52. The summed E-state index contributed by atoms with van der Waals surface area (Å²) in [5.41, 5.74) is 1.06. The van der Waals surface area contributed by atoms with E-state index in [0.29, 0.717) is 13.1 Å². The van der Waals surface area contributed by atoms with Crippen molar-refractivity contribution in [3.8, 4) is 5.75 Å². The van der Waals surface area contributed by atoms with Gasteiger partial charge >= 0.3 is 0 Å². The van der Waals surface area contributed by atoms with Crippen LogP contribution >= 0.6 is 0 Å². The number of hydrogen-bond acceptors (Lipinski definition) is 6. The fourth-order valence-electron chi connectivity index (χ4n) is 2.76. The van der Waals surface area contributed by atoms with Crippen LogP contribution in [-0.4, -0.2) is 60.6 Å². The van der Waals surface area contributed by atoms with E-state index in [9.17, 15) is 4.79 Å². The van der Waals surface area contributed by atoms with Crippen LogP contribution in [-0.2, 0) is 11.3 Å². The van der Waals surface area contributed by atoms with Gasteiger partial charge in [0.05, 0.1) is 13.7 Å². The zero-order valence-electron chi connectivity index (χ0n) is 14.4. The quantitative estimate of drug-likeness (QED) is 0.843. The van der Waals surface area contributed by atoms with Crippen molar-refractivity contribution in [1.82, 2.24) is 20.2 Å². The Morgan fingerprint density at radius 3 is 2.44 bits per heavy atom. The molecule has 1 aromatic heterocycles. The molecule has 3 rings (SSSR count). The third kappa shape index (κ3) is 4.90. The van der Waals surface area contributed by atoms with Crippen molar-refractivity contribution in [1.29, 1.82) is 0 Å². The minimum absolute atomic E-state index is 0.0419. The van der Waals surface area contributed by atoms with Crippen LogP contribution in [0.3, 0.4) is 0 Å². The Bertz CT molecular complexity index is 670. The van der Waals surface area contributed by atoms with Crippen molar-refractivity contribution in [2.75, 3.05) is 44.7 Å². The number of anilines is 1. The number of amides is 1. The molecule has 2 heterocycles. The first kappa shape index (κ1) is 17.2. The molecule has 0 saturated carbocycles. The predicted octanol–water partition coefficient (Wildman–Crippen LogP) is 0.924. The Morgan fingerprint density at radius 1 is 1.12 bits per heavy atom. The van der Waals surface area contributed by atoms with Crippen molar-refractivity contribution in [2.45, 2.75) is 6.54 Å². The summed E-state index contributed by atoms with van der Waals surface area (Å²) in [6.45, 7) is 4.26. The molecule has 7 heteroatoms. The normalized spacial score (nSPS) is 15.0. The maximum absolute atomic E-state index is 12.1. The third-order valence-corrected chi connectivity index (χ3v) is 4.22. The molecule has 132 valence electrons. The zero-order chi connectivity index (χ0) is 17.5. The van der Waals surface area contributed by atoms with Crippen LogP contribution in [0.25, 0.3) is 0 Å². The summed E-state index contributed by atoms with van der Waals surface area (Å²) in [6.07, 6.45) is 3.50. The molecular formula is C18H23N5O2. The molecule has 1 saturated heterocycles. The van der Waals surface area contributed by atoms with E-state index in [2.05, 4.69) is 25.1 Å². The monoisotopic (exact) mass is 341 g/mol. The molecule has 0 radical (unpaired) electrons. The summed E-state index contributed by atoms with van der Waals surface area (Å²) in [5.74, 6) is 1.61. The average molecular weight is 341 g/mol. The Kier molecular flexibility index (Phi) is 5.79. The lowest BCUT2D eigenvalue weighted by Crippen LogP contribution is -2.49. The van der Waals surface area contributed by atoms with E-state index in [1.165, 1.54) is 0 Å². The second kappa shape index (κ2) is 8.43. The van der Waals surface area contributed by atoms with Gasteiger partial charge in [0, 0.05) is 45.1 Å². The maximum atomic E-state index is 12.1. The van der Waals surface area contributed by atoms with Gasteiger partial charge in [0.2, 0.25) is 11.9 Å². The van der Waals surface area contributed by atoms with E-state index >= 15 is 0 Å². The second-order valence-electron chi connectivity index (χ2n) is 5.94. The molecule has 0 atom stereocenters. The SMILES string of the molecule is COc1ccc(CNC(=O)CN2CCN(c3ncccn3)CC2)cc1. The molecule has 0 bridgehead atoms. The Balaban J connectivity index is 1.40. The molecule has 0 unspecified atom stereocenters. The lowest BCUT2D eigenvalue weighted by Gasteiger charge is -2.34. The Labute approximate surface area is 147 Å². The fraction of sp³-hybridized carbons (Fsp3) is 0.389. The van der Waals surface area contributed by atoms with Crippen LogP contribution in [0, 0.1) is 0 Å². The van der Waals surface area contributed by atoms with Gasteiger partial charge in [0.15, 0.2) is 0 Å². The summed E-state index contributed by atoms with van der Waals surface area (Å²) >= 11 is 0. The zero-order valence-corrected chi connectivity index (χ0v) is 14.4. The van der Waals surface area contributed by atoms with Gasteiger partial charge in [-0.15, -0.1) is 0 Å². The largest absolute Gasteiger partial charge is 0.497 e. The van der Waals surface area contributed by atoms with Crippen molar-refractivity contribution in [2.24, 2.45) is 0 Å². The van der Waals surface area contributed by atoms with Crippen molar-refractivity contribution in [3.05, 3.63) is 48.3 Å². The number of aromatic nitrogens is 2. The van der Waals surface area contributed by atoms with Gasteiger partial charge in [-0.2, -0.15) is 0 Å². The molecule has 7 nitrogen and oxygen atoms in total. The standard InChI is InChI=1S/C18H23N5O2/c1-25-16-5-3-15(4-6-16)13-21-17(24)14-22-9-11-23(12-10-22)18-19-7-2-8-20-18/h2-8H,9-14H2,1H3,(H,21,24). The Hall–Kier alpha value is -2.67. The number of nitrogens with zero attached hydrogens (tertiary/aromatic N) is 4. The highest BCUT2D eigenvalue weighted by Crippen LogP contribution is 2.11. The van der Waals surface area contributed by atoms with Gasteiger partial charge in [-0.1, -0.05) is 12.1 Å². The number of nitrogens with one attached hydrogen (secondary N) is 1. The summed E-state index contributed by atoms with van der Waals surface area (Å²) < 4.78 is 5.13. The van der Waals surface area contributed by atoms with Crippen LogP contribution in [0.5, 0.6) is 5.75 Å². The highest BCUT2D eigenvalue weighted by molar-refractivity contribution is 5.78. The highest BCUT2D eigenvalue weighted by atomic mass is 16.5. The maximum Gasteiger partial charge on any atom is 0.234 e. The second-order valence-corrected chi connectivity index (χ2v) is 5.94. The van der Waals surface area contributed by atoms with Gasteiger partial charge < -0.3 is 15.0 Å². The predicted molar refractivity (Wildman–Crippen MR) is 95.5 cm³/mol.